The molecule has 0 amide bonds. The lowest BCUT2D eigenvalue weighted by Gasteiger charge is -2.17. The van der Waals surface area contributed by atoms with E-state index in [0.29, 0.717) is 0 Å². The number of hydrogen-bond acceptors (Lipinski definition) is 2. The number of carbonyl (C=O) groups excluding carboxylic acids is 1. The van der Waals surface area contributed by atoms with E-state index in [-0.39, 0.29) is 5.88 Å². The average Bonchev–Trinajstić information content (AvgIpc) is 1.63. The van der Waals surface area contributed by atoms with Gasteiger partial charge in [-0.1, -0.05) is 11.6 Å². The molecule has 0 aromatic carbocycles. The Balaban J connectivity index is 3.71. The molecule has 2 nitrogen and oxygen atoms in total. The van der Waals surface area contributed by atoms with Crippen molar-refractivity contribution < 1.29 is 9.53 Å². The molecule has 9 heavy (non-hydrogen) atoms. The van der Waals surface area contributed by atoms with Gasteiger partial charge in [0, 0.05) is 6.92 Å². The molecule has 0 aromatic heterocycles. The van der Waals surface area contributed by atoms with Gasteiger partial charge in [0.2, 0.25) is 0 Å². The van der Waals surface area contributed by atoms with Crippen molar-refractivity contribution in [1.82, 2.24) is 0 Å². The van der Waals surface area contributed by atoms with Crippen LogP contribution >= 0.6 is 23.2 Å². The molecule has 0 saturated carbocycles. The molecule has 0 fully saturated rings. The van der Waals surface area contributed by atoms with Gasteiger partial charge in [-0.2, -0.15) is 0 Å². The van der Waals surface area contributed by atoms with Gasteiger partial charge >= 0.3 is 5.97 Å². The maximum Gasteiger partial charge on any atom is 0.304 e. The molecular formula is C5H8Cl2O2. The lowest BCUT2D eigenvalue weighted by molar-refractivity contribution is -0.147. The van der Waals surface area contributed by atoms with Crippen molar-refractivity contribution in [2.45, 2.75) is 18.9 Å². The standard InChI is InChI=1S/C5H8Cl2O2/c1-4(8)9-5(2,7)3-6/h3H2,1-2H3. The van der Waals surface area contributed by atoms with E-state index in [1.54, 1.807) is 0 Å². The van der Waals surface area contributed by atoms with E-state index in [1.165, 1.54) is 13.8 Å². The molecule has 0 bridgehead atoms. The molecule has 1 atom stereocenters. The maximum absolute atomic E-state index is 10.3. The van der Waals surface area contributed by atoms with Crippen LogP contribution in [0.15, 0.2) is 0 Å². The molecule has 0 saturated heterocycles. The van der Waals surface area contributed by atoms with E-state index in [2.05, 4.69) is 4.74 Å². The van der Waals surface area contributed by atoms with Crippen LogP contribution in [0.1, 0.15) is 13.8 Å². The predicted molar refractivity (Wildman–Crippen MR) is 36.7 cm³/mol. The van der Waals surface area contributed by atoms with Crippen LogP contribution < -0.4 is 0 Å². The fourth-order valence-corrected chi connectivity index (χ4v) is 0.490. The van der Waals surface area contributed by atoms with Crippen LogP contribution in [-0.4, -0.2) is 16.9 Å². The third-order valence-corrected chi connectivity index (χ3v) is 1.45. The Morgan fingerprint density at radius 3 is 2.33 bits per heavy atom. The first kappa shape index (κ1) is 9.05. The average molecular weight is 171 g/mol. The first-order valence-corrected chi connectivity index (χ1v) is 3.33. The molecule has 0 rings (SSSR count). The van der Waals surface area contributed by atoms with Gasteiger partial charge in [-0.25, -0.2) is 0 Å². The first-order chi connectivity index (χ1) is 3.98. The fraction of sp³-hybridized carbons (Fsp3) is 0.800. The van der Waals surface area contributed by atoms with Crippen molar-refractivity contribution in [3.05, 3.63) is 0 Å². The molecule has 0 aliphatic rings. The lowest BCUT2D eigenvalue weighted by Crippen LogP contribution is -2.25. The Morgan fingerprint density at radius 2 is 2.22 bits per heavy atom. The molecule has 0 radical (unpaired) electrons. The molecule has 0 heterocycles. The minimum atomic E-state index is -1.05. The smallest absolute Gasteiger partial charge is 0.304 e. The van der Waals surface area contributed by atoms with Crippen LogP contribution in [-0.2, 0) is 9.53 Å². The quantitative estimate of drug-likeness (QED) is 0.467. The number of carbonyl (C=O) groups is 1. The summed E-state index contributed by atoms with van der Waals surface area (Å²) in [7, 11) is 0. The van der Waals surface area contributed by atoms with Crippen molar-refractivity contribution in [1.29, 1.82) is 0 Å². The second-order valence-corrected chi connectivity index (χ2v) is 2.90. The Bertz CT molecular complexity index is 112. The normalized spacial score (nSPS) is 16.4. The molecule has 0 N–H and O–H groups in total. The summed E-state index contributed by atoms with van der Waals surface area (Å²) in [5, 5.41) is -1.05. The number of rotatable bonds is 2. The van der Waals surface area contributed by atoms with E-state index < -0.39 is 11.0 Å². The number of hydrogen-bond donors (Lipinski definition) is 0. The second-order valence-electron chi connectivity index (χ2n) is 1.83. The van der Waals surface area contributed by atoms with Crippen LogP contribution in [0.4, 0.5) is 0 Å². The second kappa shape index (κ2) is 3.28. The van der Waals surface area contributed by atoms with Gasteiger partial charge in [0.25, 0.3) is 0 Å². The third-order valence-electron chi connectivity index (χ3n) is 0.595. The SMILES string of the molecule is CC(=O)OC(C)(Cl)CCl. The third kappa shape index (κ3) is 4.55. The molecule has 0 aromatic rings. The van der Waals surface area contributed by atoms with Crippen molar-refractivity contribution in [2.75, 3.05) is 5.88 Å². The zero-order valence-electron chi connectivity index (χ0n) is 5.28. The summed E-state index contributed by atoms with van der Waals surface area (Å²) in [5.41, 5.74) is 0. The maximum atomic E-state index is 10.3. The number of esters is 1. The van der Waals surface area contributed by atoms with Gasteiger partial charge in [0.1, 0.15) is 0 Å². The molecule has 4 heteroatoms. The summed E-state index contributed by atoms with van der Waals surface area (Å²) >= 11 is 10.9. The van der Waals surface area contributed by atoms with Crippen molar-refractivity contribution in [3.63, 3.8) is 0 Å². The monoisotopic (exact) mass is 170 g/mol. The minimum absolute atomic E-state index is 0.0914. The molecule has 0 spiro atoms. The van der Waals surface area contributed by atoms with Gasteiger partial charge in [-0.15, -0.1) is 11.6 Å². The van der Waals surface area contributed by atoms with E-state index in [9.17, 15) is 4.79 Å². The Labute approximate surface area is 64.1 Å². The molecule has 0 aliphatic heterocycles. The van der Waals surface area contributed by atoms with Gasteiger partial charge in [-0.05, 0) is 6.92 Å². The minimum Gasteiger partial charge on any atom is -0.442 e. The Morgan fingerprint density at radius 1 is 1.78 bits per heavy atom. The summed E-state index contributed by atoms with van der Waals surface area (Å²) in [6.45, 7) is 2.82. The molecule has 0 aliphatic carbocycles. The van der Waals surface area contributed by atoms with E-state index >= 15 is 0 Å². The van der Waals surface area contributed by atoms with Crippen LogP contribution in [0.5, 0.6) is 0 Å². The topological polar surface area (TPSA) is 26.3 Å². The number of ether oxygens (including phenoxy) is 1. The number of alkyl halides is 2. The number of halogens is 2. The largest absolute Gasteiger partial charge is 0.442 e. The van der Waals surface area contributed by atoms with Crippen molar-refractivity contribution >= 4 is 29.2 Å². The molecular weight excluding hydrogens is 163 g/mol. The summed E-state index contributed by atoms with van der Waals surface area (Å²) in [5.74, 6) is -0.332. The highest BCUT2D eigenvalue weighted by Crippen LogP contribution is 2.17. The molecule has 1 unspecified atom stereocenters. The van der Waals surface area contributed by atoms with E-state index in [1.807, 2.05) is 0 Å². The lowest BCUT2D eigenvalue weighted by atomic mass is 10.4. The summed E-state index contributed by atoms with van der Waals surface area (Å²) in [6.07, 6.45) is 0. The first-order valence-electron chi connectivity index (χ1n) is 2.42. The molecule has 54 valence electrons. The van der Waals surface area contributed by atoms with E-state index in [4.69, 9.17) is 23.2 Å². The van der Waals surface area contributed by atoms with Crippen molar-refractivity contribution in [3.8, 4) is 0 Å². The Hall–Kier alpha value is 0.0500. The summed E-state index contributed by atoms with van der Waals surface area (Å²) in [4.78, 5) is 10.3. The highest BCUT2D eigenvalue weighted by molar-refractivity contribution is 6.30. The zero-order valence-corrected chi connectivity index (χ0v) is 6.79. The van der Waals surface area contributed by atoms with Crippen LogP contribution in [0.3, 0.4) is 0 Å². The van der Waals surface area contributed by atoms with Gasteiger partial charge in [-0.3, -0.25) is 4.79 Å². The fourth-order valence-electron chi connectivity index (χ4n) is 0.327. The van der Waals surface area contributed by atoms with Gasteiger partial charge in [0.05, 0.1) is 5.88 Å². The summed E-state index contributed by atoms with van der Waals surface area (Å²) < 4.78 is 4.58. The van der Waals surface area contributed by atoms with Crippen molar-refractivity contribution in [2.24, 2.45) is 0 Å². The summed E-state index contributed by atoms with van der Waals surface area (Å²) in [6, 6.07) is 0. The van der Waals surface area contributed by atoms with Crippen LogP contribution in [0.25, 0.3) is 0 Å². The van der Waals surface area contributed by atoms with Crippen LogP contribution in [0.2, 0.25) is 0 Å². The van der Waals surface area contributed by atoms with E-state index in [0.717, 1.165) is 0 Å². The van der Waals surface area contributed by atoms with Crippen LogP contribution in [0, 0.1) is 0 Å². The van der Waals surface area contributed by atoms with Gasteiger partial charge in [0.15, 0.2) is 5.06 Å². The zero-order chi connectivity index (χ0) is 7.49. The van der Waals surface area contributed by atoms with Gasteiger partial charge < -0.3 is 4.74 Å². The Kier molecular flexibility index (Phi) is 3.30. The highest BCUT2D eigenvalue weighted by Gasteiger charge is 2.21. The highest BCUT2D eigenvalue weighted by atomic mass is 35.5. The predicted octanol–water partition coefficient (Wildman–Crippen LogP) is 1.74.